The van der Waals surface area contributed by atoms with E-state index >= 15 is 0 Å². The van der Waals surface area contributed by atoms with E-state index in [-0.39, 0.29) is 11.5 Å². The lowest BCUT2D eigenvalue weighted by atomic mass is 10.2. The number of esters is 1. The first-order valence-corrected chi connectivity index (χ1v) is 7.66. The molecule has 0 radical (unpaired) electrons. The molecule has 0 spiro atoms. The van der Waals surface area contributed by atoms with Crippen molar-refractivity contribution in [3.63, 3.8) is 0 Å². The maximum atomic E-state index is 13.6. The van der Waals surface area contributed by atoms with Crippen molar-refractivity contribution in [2.45, 2.75) is 6.54 Å². The minimum absolute atomic E-state index is 0.210. The Kier molecular flexibility index (Phi) is 5.87. The largest absolute Gasteiger partial charge is 0.452 e. The van der Waals surface area contributed by atoms with E-state index in [4.69, 9.17) is 4.74 Å². The van der Waals surface area contributed by atoms with E-state index in [2.05, 4.69) is 15.9 Å². The second kappa shape index (κ2) is 7.87. The summed E-state index contributed by atoms with van der Waals surface area (Å²) in [6.07, 6.45) is 0. The second-order valence-corrected chi connectivity index (χ2v) is 5.85. The molecule has 2 aromatic carbocycles. The third-order valence-corrected chi connectivity index (χ3v) is 3.66. The van der Waals surface area contributed by atoms with Crippen LogP contribution in [0.1, 0.15) is 15.9 Å². The van der Waals surface area contributed by atoms with Crippen molar-refractivity contribution >= 4 is 27.8 Å². The normalized spacial score (nSPS) is 10.2. The zero-order chi connectivity index (χ0) is 16.8. The number of ether oxygens (including phenoxy) is 1. The highest BCUT2D eigenvalue weighted by atomic mass is 79.9. The van der Waals surface area contributed by atoms with Crippen LogP contribution in [0.5, 0.6) is 0 Å². The van der Waals surface area contributed by atoms with Gasteiger partial charge >= 0.3 is 5.97 Å². The number of amides is 1. The quantitative estimate of drug-likeness (QED) is 0.747. The number of nitrogens with zero attached hydrogens (tertiary/aromatic N) is 1. The molecule has 23 heavy (non-hydrogen) atoms. The lowest BCUT2D eigenvalue weighted by Gasteiger charge is -2.17. The highest BCUT2D eigenvalue weighted by molar-refractivity contribution is 9.10. The van der Waals surface area contributed by atoms with Crippen molar-refractivity contribution in [1.29, 1.82) is 0 Å². The van der Waals surface area contributed by atoms with Crippen molar-refractivity contribution in [1.82, 2.24) is 4.90 Å². The van der Waals surface area contributed by atoms with Gasteiger partial charge in [0.2, 0.25) is 0 Å². The van der Waals surface area contributed by atoms with Gasteiger partial charge in [-0.25, -0.2) is 9.18 Å². The number of benzene rings is 2. The molecule has 0 aromatic heterocycles. The number of hydrogen-bond donors (Lipinski definition) is 0. The van der Waals surface area contributed by atoms with Gasteiger partial charge in [0, 0.05) is 18.1 Å². The summed E-state index contributed by atoms with van der Waals surface area (Å²) >= 11 is 3.16. The standard InChI is InChI=1S/C17H15BrFNO3/c1-20(10-12-5-3-2-4-6-12)16(21)11-23-17(22)14-9-13(18)7-8-15(14)19/h2-9H,10-11H2,1H3. The Hall–Kier alpha value is -2.21. The van der Waals surface area contributed by atoms with Crippen molar-refractivity contribution in [2.75, 3.05) is 13.7 Å². The molecule has 0 fully saturated rings. The molecule has 0 unspecified atom stereocenters. The van der Waals surface area contributed by atoms with Gasteiger partial charge in [-0.3, -0.25) is 4.79 Å². The third-order valence-electron chi connectivity index (χ3n) is 3.16. The zero-order valence-electron chi connectivity index (χ0n) is 12.5. The second-order valence-electron chi connectivity index (χ2n) is 4.94. The predicted octanol–water partition coefficient (Wildman–Crippen LogP) is 3.40. The molecule has 2 aromatic rings. The van der Waals surface area contributed by atoms with E-state index in [9.17, 15) is 14.0 Å². The highest BCUT2D eigenvalue weighted by Gasteiger charge is 2.17. The fourth-order valence-electron chi connectivity index (χ4n) is 1.91. The van der Waals surface area contributed by atoms with Gasteiger partial charge < -0.3 is 9.64 Å². The number of likely N-dealkylation sites (N-methyl/N-ethyl adjacent to an activating group) is 1. The molecule has 6 heteroatoms. The molecule has 0 saturated heterocycles. The van der Waals surface area contributed by atoms with Gasteiger partial charge in [0.15, 0.2) is 6.61 Å². The summed E-state index contributed by atoms with van der Waals surface area (Å²) in [4.78, 5) is 25.3. The summed E-state index contributed by atoms with van der Waals surface area (Å²) in [5.74, 6) is -1.92. The van der Waals surface area contributed by atoms with E-state index in [0.29, 0.717) is 11.0 Å². The first-order chi connectivity index (χ1) is 11.0. The van der Waals surface area contributed by atoms with E-state index in [1.54, 1.807) is 7.05 Å². The molecule has 2 rings (SSSR count). The van der Waals surface area contributed by atoms with Gasteiger partial charge in [0.25, 0.3) is 5.91 Å². The van der Waals surface area contributed by atoms with Crippen molar-refractivity contribution < 1.29 is 18.7 Å². The average molecular weight is 380 g/mol. The Balaban J connectivity index is 1.90. The predicted molar refractivity (Wildman–Crippen MR) is 87.3 cm³/mol. The number of carbonyl (C=O) groups is 2. The molecule has 0 aliphatic heterocycles. The maximum absolute atomic E-state index is 13.6. The molecule has 0 atom stereocenters. The van der Waals surface area contributed by atoms with Gasteiger partial charge in [-0.1, -0.05) is 46.3 Å². The van der Waals surface area contributed by atoms with Gasteiger partial charge in [0.1, 0.15) is 5.82 Å². The summed E-state index contributed by atoms with van der Waals surface area (Å²) in [6, 6.07) is 13.4. The van der Waals surface area contributed by atoms with Crippen LogP contribution in [0.2, 0.25) is 0 Å². The molecule has 0 aliphatic rings. The Morgan fingerprint density at radius 3 is 2.57 bits per heavy atom. The Morgan fingerprint density at radius 1 is 1.17 bits per heavy atom. The fraction of sp³-hybridized carbons (Fsp3) is 0.176. The smallest absolute Gasteiger partial charge is 0.341 e. The molecule has 0 aliphatic carbocycles. The molecule has 0 heterocycles. The first kappa shape index (κ1) is 17.1. The number of halogens is 2. The van der Waals surface area contributed by atoms with Gasteiger partial charge in [-0.05, 0) is 23.8 Å². The summed E-state index contributed by atoms with van der Waals surface area (Å²) < 4.78 is 19.0. The summed E-state index contributed by atoms with van der Waals surface area (Å²) in [5, 5.41) is 0. The van der Waals surface area contributed by atoms with E-state index in [1.807, 2.05) is 30.3 Å². The molecule has 0 bridgehead atoms. The van der Waals surface area contributed by atoms with Crippen LogP contribution in [-0.2, 0) is 16.1 Å². The molecular formula is C17H15BrFNO3. The number of carbonyl (C=O) groups excluding carboxylic acids is 2. The fourth-order valence-corrected chi connectivity index (χ4v) is 2.28. The Morgan fingerprint density at radius 2 is 1.87 bits per heavy atom. The van der Waals surface area contributed by atoms with Gasteiger partial charge in [-0.2, -0.15) is 0 Å². The molecule has 1 amide bonds. The SMILES string of the molecule is CN(Cc1ccccc1)C(=O)COC(=O)c1cc(Br)ccc1F. The molecular weight excluding hydrogens is 365 g/mol. The summed E-state index contributed by atoms with van der Waals surface area (Å²) in [7, 11) is 1.61. The van der Waals surface area contributed by atoms with Gasteiger partial charge in [0.05, 0.1) is 5.56 Å². The van der Waals surface area contributed by atoms with Crippen LogP contribution in [0.25, 0.3) is 0 Å². The Bertz CT molecular complexity index is 706. The van der Waals surface area contributed by atoms with E-state index < -0.39 is 18.4 Å². The lowest BCUT2D eigenvalue weighted by Crippen LogP contribution is -2.30. The molecule has 4 nitrogen and oxygen atoms in total. The third kappa shape index (κ3) is 4.89. The van der Waals surface area contributed by atoms with E-state index in [0.717, 1.165) is 11.6 Å². The average Bonchev–Trinajstić information content (AvgIpc) is 2.55. The van der Waals surface area contributed by atoms with Crippen LogP contribution >= 0.6 is 15.9 Å². The van der Waals surface area contributed by atoms with Gasteiger partial charge in [-0.15, -0.1) is 0 Å². The van der Waals surface area contributed by atoms with Crippen LogP contribution in [-0.4, -0.2) is 30.4 Å². The highest BCUT2D eigenvalue weighted by Crippen LogP contribution is 2.16. The van der Waals surface area contributed by atoms with Crippen LogP contribution in [0, 0.1) is 5.82 Å². The van der Waals surface area contributed by atoms with Crippen LogP contribution in [0.15, 0.2) is 53.0 Å². The zero-order valence-corrected chi connectivity index (χ0v) is 14.0. The van der Waals surface area contributed by atoms with Crippen molar-refractivity contribution in [2.24, 2.45) is 0 Å². The van der Waals surface area contributed by atoms with Crippen LogP contribution in [0.4, 0.5) is 4.39 Å². The van der Waals surface area contributed by atoms with Crippen LogP contribution in [0.3, 0.4) is 0 Å². The van der Waals surface area contributed by atoms with Crippen LogP contribution < -0.4 is 0 Å². The minimum Gasteiger partial charge on any atom is -0.452 e. The molecule has 120 valence electrons. The maximum Gasteiger partial charge on any atom is 0.341 e. The Labute approximate surface area is 142 Å². The van der Waals surface area contributed by atoms with Crippen molar-refractivity contribution in [3.8, 4) is 0 Å². The summed E-state index contributed by atoms with van der Waals surface area (Å²) in [6.45, 7) is -0.0312. The molecule has 0 N–H and O–H groups in total. The molecule has 0 saturated carbocycles. The lowest BCUT2D eigenvalue weighted by molar-refractivity contribution is -0.133. The number of hydrogen-bond acceptors (Lipinski definition) is 3. The monoisotopic (exact) mass is 379 g/mol. The number of rotatable bonds is 5. The van der Waals surface area contributed by atoms with Crippen molar-refractivity contribution in [3.05, 3.63) is 69.9 Å². The topological polar surface area (TPSA) is 46.6 Å². The van der Waals surface area contributed by atoms with E-state index in [1.165, 1.54) is 17.0 Å². The summed E-state index contributed by atoms with van der Waals surface area (Å²) in [5.41, 5.74) is 0.755. The first-order valence-electron chi connectivity index (χ1n) is 6.87. The minimum atomic E-state index is -0.870.